The zero-order valence-corrected chi connectivity index (χ0v) is 10.2. The minimum absolute atomic E-state index is 0.323. The topological polar surface area (TPSA) is 15.3 Å². The Morgan fingerprint density at radius 1 is 1.50 bits per heavy atom. The van der Waals surface area contributed by atoms with E-state index >= 15 is 0 Å². The lowest BCUT2D eigenvalue weighted by molar-refractivity contribution is -0.138. The molecule has 1 saturated heterocycles. The van der Waals surface area contributed by atoms with Gasteiger partial charge in [-0.15, -0.1) is 0 Å². The monoisotopic (exact) mass is 257 g/mol. The molecule has 1 N–H and O–H groups in total. The van der Waals surface area contributed by atoms with Crippen molar-refractivity contribution in [1.82, 2.24) is 10.2 Å². The van der Waals surface area contributed by atoms with E-state index in [0.717, 1.165) is 25.7 Å². The Labute approximate surface area is 105 Å². The van der Waals surface area contributed by atoms with Crippen LogP contribution in [0.3, 0.4) is 0 Å². The van der Waals surface area contributed by atoms with Crippen LogP contribution in [0.1, 0.15) is 18.1 Å². The molecule has 2 nitrogen and oxygen atoms in total. The van der Waals surface area contributed by atoms with Crippen molar-refractivity contribution >= 4 is 0 Å². The lowest BCUT2D eigenvalue weighted by Crippen LogP contribution is -2.48. The van der Waals surface area contributed by atoms with Gasteiger partial charge in [0.2, 0.25) is 0 Å². The molecular formula is C13H16F3N2. The number of rotatable bonds is 2. The fraction of sp³-hybridized carbons (Fsp3) is 0.538. The molecule has 1 aliphatic rings. The number of alkyl halides is 3. The van der Waals surface area contributed by atoms with E-state index in [1.807, 2.05) is 11.8 Å². The summed E-state index contributed by atoms with van der Waals surface area (Å²) >= 11 is 0. The SMILES string of the molecule is C[C@@H]1CN(Cc2cc[c]cc2C(F)(F)F)CCN1. The first-order valence-corrected chi connectivity index (χ1v) is 5.99. The Morgan fingerprint density at radius 3 is 2.94 bits per heavy atom. The molecule has 0 bridgehead atoms. The largest absolute Gasteiger partial charge is 0.416 e. The minimum atomic E-state index is -4.30. The number of nitrogens with zero attached hydrogens (tertiary/aromatic N) is 1. The summed E-state index contributed by atoms with van der Waals surface area (Å²) in [4.78, 5) is 2.05. The van der Waals surface area contributed by atoms with Crippen molar-refractivity contribution in [3.8, 4) is 0 Å². The molecule has 0 amide bonds. The summed E-state index contributed by atoms with van der Waals surface area (Å²) in [7, 11) is 0. The van der Waals surface area contributed by atoms with Gasteiger partial charge in [-0.05, 0) is 24.6 Å². The Hall–Kier alpha value is -1.07. The van der Waals surface area contributed by atoms with Crippen LogP contribution < -0.4 is 5.32 Å². The van der Waals surface area contributed by atoms with Gasteiger partial charge in [0.1, 0.15) is 0 Å². The lowest BCUT2D eigenvalue weighted by Gasteiger charge is -2.32. The minimum Gasteiger partial charge on any atom is -0.312 e. The molecule has 0 aromatic heterocycles. The van der Waals surface area contributed by atoms with Gasteiger partial charge >= 0.3 is 6.18 Å². The highest BCUT2D eigenvalue weighted by atomic mass is 19.4. The highest BCUT2D eigenvalue weighted by molar-refractivity contribution is 5.29. The number of hydrogen-bond acceptors (Lipinski definition) is 2. The molecule has 1 heterocycles. The molecule has 1 aromatic rings. The van der Waals surface area contributed by atoms with Crippen molar-refractivity contribution in [3.05, 3.63) is 35.4 Å². The predicted molar refractivity (Wildman–Crippen MR) is 63.0 cm³/mol. The summed E-state index contributed by atoms with van der Waals surface area (Å²) in [5, 5.41) is 3.27. The number of benzene rings is 1. The summed E-state index contributed by atoms with van der Waals surface area (Å²) in [6, 6.07) is 6.90. The first kappa shape index (κ1) is 13.4. The second-order valence-corrected chi connectivity index (χ2v) is 4.67. The maximum Gasteiger partial charge on any atom is 0.416 e. The fourth-order valence-electron chi connectivity index (χ4n) is 2.26. The van der Waals surface area contributed by atoms with Gasteiger partial charge in [0, 0.05) is 32.2 Å². The van der Waals surface area contributed by atoms with Crippen LogP contribution in [0.2, 0.25) is 0 Å². The Balaban J connectivity index is 2.13. The van der Waals surface area contributed by atoms with Crippen molar-refractivity contribution in [3.63, 3.8) is 0 Å². The van der Waals surface area contributed by atoms with Gasteiger partial charge in [-0.25, -0.2) is 0 Å². The van der Waals surface area contributed by atoms with E-state index in [0.29, 0.717) is 18.2 Å². The van der Waals surface area contributed by atoms with Gasteiger partial charge in [0.15, 0.2) is 0 Å². The third-order valence-electron chi connectivity index (χ3n) is 3.11. The van der Waals surface area contributed by atoms with Gasteiger partial charge in [-0.2, -0.15) is 13.2 Å². The summed E-state index contributed by atoms with van der Waals surface area (Å²) < 4.78 is 38.5. The average molecular weight is 257 g/mol. The maximum absolute atomic E-state index is 12.8. The van der Waals surface area contributed by atoms with Crippen LogP contribution in [-0.2, 0) is 12.7 Å². The van der Waals surface area contributed by atoms with Crippen LogP contribution in [-0.4, -0.2) is 30.6 Å². The molecule has 0 spiro atoms. The zero-order chi connectivity index (χ0) is 13.2. The van der Waals surface area contributed by atoms with Crippen LogP contribution in [0.4, 0.5) is 13.2 Å². The smallest absolute Gasteiger partial charge is 0.312 e. The Kier molecular flexibility index (Phi) is 3.92. The second-order valence-electron chi connectivity index (χ2n) is 4.67. The highest BCUT2D eigenvalue weighted by Gasteiger charge is 2.33. The molecule has 0 aliphatic carbocycles. The molecule has 1 aromatic carbocycles. The lowest BCUT2D eigenvalue weighted by atomic mass is 10.1. The number of nitrogens with one attached hydrogen (secondary N) is 1. The van der Waals surface area contributed by atoms with E-state index in [2.05, 4.69) is 11.4 Å². The van der Waals surface area contributed by atoms with Gasteiger partial charge in [0.05, 0.1) is 5.56 Å². The Bertz CT molecular complexity index is 403. The molecule has 5 heteroatoms. The third-order valence-corrected chi connectivity index (χ3v) is 3.11. The second kappa shape index (κ2) is 5.28. The molecule has 0 saturated carbocycles. The molecule has 99 valence electrons. The number of halogens is 3. The first-order valence-electron chi connectivity index (χ1n) is 5.99. The van der Waals surface area contributed by atoms with E-state index in [4.69, 9.17) is 0 Å². The van der Waals surface area contributed by atoms with Gasteiger partial charge < -0.3 is 5.32 Å². The van der Waals surface area contributed by atoms with Crippen LogP contribution in [0.25, 0.3) is 0 Å². The molecule has 0 unspecified atom stereocenters. The zero-order valence-electron chi connectivity index (χ0n) is 10.2. The summed E-state index contributed by atoms with van der Waals surface area (Å²) in [5.41, 5.74) is -0.244. The van der Waals surface area contributed by atoms with Gasteiger partial charge in [0.25, 0.3) is 0 Å². The van der Waals surface area contributed by atoms with Gasteiger partial charge in [-0.1, -0.05) is 12.1 Å². The third kappa shape index (κ3) is 3.23. The molecule has 1 aliphatic heterocycles. The van der Waals surface area contributed by atoms with E-state index in [-0.39, 0.29) is 0 Å². The number of hydrogen-bond donors (Lipinski definition) is 1. The number of piperazine rings is 1. The molecule has 18 heavy (non-hydrogen) atoms. The van der Waals surface area contributed by atoms with Crippen LogP contribution >= 0.6 is 0 Å². The van der Waals surface area contributed by atoms with Crippen LogP contribution in [0, 0.1) is 6.07 Å². The summed E-state index contributed by atoms with van der Waals surface area (Å²) in [6.07, 6.45) is -4.30. The maximum atomic E-state index is 12.8. The molecule has 1 atom stereocenters. The van der Waals surface area contributed by atoms with Crippen molar-refractivity contribution in [2.75, 3.05) is 19.6 Å². The highest BCUT2D eigenvalue weighted by Crippen LogP contribution is 2.32. The van der Waals surface area contributed by atoms with Crippen molar-refractivity contribution in [2.24, 2.45) is 0 Å². The molecule has 1 fully saturated rings. The van der Waals surface area contributed by atoms with E-state index in [1.165, 1.54) is 12.1 Å². The summed E-state index contributed by atoms with van der Waals surface area (Å²) in [6.45, 7) is 4.75. The standard InChI is InChI=1S/C13H16F3N2/c1-10-8-18(7-6-17-10)9-11-4-2-3-5-12(11)13(14,15)16/h2,4-5,10,17H,6-9H2,1H3/t10-/m1/s1. The summed E-state index contributed by atoms with van der Waals surface area (Å²) in [5.74, 6) is 0. The van der Waals surface area contributed by atoms with E-state index in [1.54, 1.807) is 0 Å². The molecular weight excluding hydrogens is 241 g/mol. The normalized spacial score (nSPS) is 22.1. The van der Waals surface area contributed by atoms with E-state index in [9.17, 15) is 13.2 Å². The van der Waals surface area contributed by atoms with Gasteiger partial charge in [-0.3, -0.25) is 4.90 Å². The Morgan fingerprint density at radius 2 is 2.28 bits per heavy atom. The molecule has 2 rings (SSSR count). The fourth-order valence-corrected chi connectivity index (χ4v) is 2.26. The van der Waals surface area contributed by atoms with Crippen LogP contribution in [0.15, 0.2) is 18.2 Å². The molecule has 1 radical (unpaired) electrons. The first-order chi connectivity index (χ1) is 8.47. The van der Waals surface area contributed by atoms with Crippen molar-refractivity contribution < 1.29 is 13.2 Å². The van der Waals surface area contributed by atoms with Crippen molar-refractivity contribution in [1.29, 1.82) is 0 Å². The van der Waals surface area contributed by atoms with Crippen LogP contribution in [0.5, 0.6) is 0 Å². The quantitative estimate of drug-likeness (QED) is 0.874. The van der Waals surface area contributed by atoms with Crippen molar-refractivity contribution in [2.45, 2.75) is 25.7 Å². The van der Waals surface area contributed by atoms with E-state index < -0.39 is 11.7 Å². The predicted octanol–water partition coefficient (Wildman–Crippen LogP) is 2.30. The average Bonchev–Trinajstić information content (AvgIpc) is 2.28.